The first kappa shape index (κ1) is 30.2. The van der Waals surface area contributed by atoms with Crippen LogP contribution >= 0.6 is 22.7 Å². The monoisotopic (exact) mass is 718 g/mol. The van der Waals surface area contributed by atoms with E-state index in [0.29, 0.717) is 0 Å². The first-order chi connectivity index (χ1) is 26.8. The molecule has 10 aromatic carbocycles. The van der Waals surface area contributed by atoms with E-state index in [9.17, 15) is 0 Å². The van der Waals surface area contributed by atoms with Crippen molar-refractivity contribution in [2.24, 2.45) is 0 Å². The predicted molar refractivity (Wildman–Crippen MR) is 239 cm³/mol. The van der Waals surface area contributed by atoms with Crippen LogP contribution in [0.25, 0.3) is 117 Å². The summed E-state index contributed by atoms with van der Waals surface area (Å²) in [5, 5.41) is 15.8. The average molecular weight is 719 g/mol. The molecule has 12 rings (SSSR count). The average Bonchev–Trinajstić information content (AvgIpc) is 3.81. The number of thiophene rings is 2. The third-order valence-corrected chi connectivity index (χ3v) is 13.8. The Morgan fingerprint density at radius 2 is 0.722 bits per heavy atom. The van der Waals surface area contributed by atoms with Crippen LogP contribution in [0.4, 0.5) is 0 Å². The summed E-state index contributed by atoms with van der Waals surface area (Å²) >= 11 is 3.82. The first-order valence-corrected chi connectivity index (χ1v) is 20.1. The molecule has 0 amide bonds. The standard InChI is InChI=1S/C52H30S2/c1-2-12-31(13-3-1)49-39-16-6-8-18-41(39)50(42-19-9-7-17-40(42)49)34-24-26-37-36-25-22-33(29-47(36)53-48(37)30-34)32-23-27-43-45(28-32)35-14-4-5-15-38(35)51-44-20-10-11-21-46(44)54-52(43)51/h1-30H. The fourth-order valence-electron chi connectivity index (χ4n) is 9.05. The van der Waals surface area contributed by atoms with Gasteiger partial charge in [-0.1, -0.05) is 158 Å². The maximum absolute atomic E-state index is 2.43. The van der Waals surface area contributed by atoms with Gasteiger partial charge in [-0.25, -0.2) is 0 Å². The highest BCUT2D eigenvalue weighted by Gasteiger charge is 2.18. The molecule has 0 atom stereocenters. The Bertz CT molecular complexity index is 3430. The summed E-state index contributed by atoms with van der Waals surface area (Å²) in [6.07, 6.45) is 0. The van der Waals surface area contributed by atoms with Gasteiger partial charge in [0.15, 0.2) is 0 Å². The Hall–Kier alpha value is -6.32. The van der Waals surface area contributed by atoms with E-state index >= 15 is 0 Å². The lowest BCUT2D eigenvalue weighted by Crippen LogP contribution is -1.90. The molecular formula is C52H30S2. The van der Waals surface area contributed by atoms with E-state index in [2.05, 4.69) is 182 Å². The third kappa shape index (κ3) is 4.36. The van der Waals surface area contributed by atoms with Crippen LogP contribution < -0.4 is 0 Å². The van der Waals surface area contributed by atoms with Crippen LogP contribution in [0.5, 0.6) is 0 Å². The largest absolute Gasteiger partial charge is 0.135 e. The van der Waals surface area contributed by atoms with Crippen molar-refractivity contribution in [1.82, 2.24) is 0 Å². The Labute approximate surface area is 319 Å². The van der Waals surface area contributed by atoms with Crippen LogP contribution in [-0.2, 0) is 0 Å². The van der Waals surface area contributed by atoms with Gasteiger partial charge in [-0.05, 0) is 95.3 Å². The molecule has 0 saturated carbocycles. The van der Waals surface area contributed by atoms with Crippen molar-refractivity contribution >= 4 is 106 Å². The molecule has 12 aromatic rings. The molecule has 0 aliphatic rings. The summed E-state index contributed by atoms with van der Waals surface area (Å²) in [7, 11) is 0. The summed E-state index contributed by atoms with van der Waals surface area (Å²) in [6, 6.07) is 67.7. The predicted octanol–water partition coefficient (Wildman–Crippen LogP) is 16.0. The van der Waals surface area contributed by atoms with Crippen molar-refractivity contribution in [2.75, 3.05) is 0 Å². The SMILES string of the molecule is c1ccc(-c2c3ccccc3c(-c3ccc4c(c3)sc3cc(-c5ccc6c(c5)c5ccccc5c5c7ccccc7sc65)ccc34)c3ccccc23)cc1. The zero-order valence-electron chi connectivity index (χ0n) is 29.1. The van der Waals surface area contributed by atoms with Gasteiger partial charge in [0.25, 0.3) is 0 Å². The van der Waals surface area contributed by atoms with E-state index in [1.165, 1.54) is 117 Å². The molecule has 2 heterocycles. The Kier molecular flexibility index (Phi) is 6.48. The zero-order valence-corrected chi connectivity index (χ0v) is 30.8. The smallest absolute Gasteiger partial charge is 0.0440 e. The highest BCUT2D eigenvalue weighted by atomic mass is 32.1. The van der Waals surface area contributed by atoms with Gasteiger partial charge in [0, 0.05) is 45.7 Å². The Morgan fingerprint density at radius 3 is 1.39 bits per heavy atom. The lowest BCUT2D eigenvalue weighted by Gasteiger charge is -2.17. The number of hydrogen-bond donors (Lipinski definition) is 0. The molecule has 0 N–H and O–H groups in total. The lowest BCUT2D eigenvalue weighted by molar-refractivity contribution is 1.66. The summed E-state index contributed by atoms with van der Waals surface area (Å²) in [5.41, 5.74) is 7.62. The van der Waals surface area contributed by atoms with Crippen molar-refractivity contribution in [3.63, 3.8) is 0 Å². The fourth-order valence-corrected chi connectivity index (χ4v) is 11.5. The van der Waals surface area contributed by atoms with Crippen molar-refractivity contribution in [2.45, 2.75) is 0 Å². The molecule has 0 nitrogen and oxygen atoms in total. The summed E-state index contributed by atoms with van der Waals surface area (Å²) < 4.78 is 5.36. The first-order valence-electron chi connectivity index (χ1n) is 18.5. The van der Waals surface area contributed by atoms with Gasteiger partial charge in [-0.15, -0.1) is 22.7 Å². The molecule has 0 fully saturated rings. The minimum atomic E-state index is 1.25. The van der Waals surface area contributed by atoms with E-state index in [1.807, 2.05) is 22.7 Å². The van der Waals surface area contributed by atoms with E-state index < -0.39 is 0 Å². The summed E-state index contributed by atoms with van der Waals surface area (Å²) in [6.45, 7) is 0. The van der Waals surface area contributed by atoms with E-state index in [0.717, 1.165) is 0 Å². The molecule has 0 aliphatic heterocycles. The second kappa shape index (κ2) is 11.6. The molecular weight excluding hydrogens is 689 g/mol. The quantitative estimate of drug-likeness (QED) is 0.126. The molecule has 54 heavy (non-hydrogen) atoms. The second-order valence-corrected chi connectivity index (χ2v) is 16.5. The fraction of sp³-hybridized carbons (Fsp3) is 0. The van der Waals surface area contributed by atoms with Gasteiger partial charge in [-0.3, -0.25) is 0 Å². The Morgan fingerprint density at radius 1 is 0.241 bits per heavy atom. The molecule has 2 heteroatoms. The van der Waals surface area contributed by atoms with Crippen LogP contribution in [0, 0.1) is 0 Å². The molecule has 0 saturated heterocycles. The van der Waals surface area contributed by atoms with Crippen LogP contribution in [0.2, 0.25) is 0 Å². The minimum Gasteiger partial charge on any atom is -0.135 e. The van der Waals surface area contributed by atoms with Crippen molar-refractivity contribution in [3.05, 3.63) is 182 Å². The van der Waals surface area contributed by atoms with Gasteiger partial charge < -0.3 is 0 Å². The van der Waals surface area contributed by atoms with Crippen LogP contribution in [-0.4, -0.2) is 0 Å². The van der Waals surface area contributed by atoms with Gasteiger partial charge >= 0.3 is 0 Å². The van der Waals surface area contributed by atoms with Gasteiger partial charge in [-0.2, -0.15) is 0 Å². The van der Waals surface area contributed by atoms with Crippen molar-refractivity contribution < 1.29 is 0 Å². The Balaban J connectivity index is 1.02. The van der Waals surface area contributed by atoms with Crippen molar-refractivity contribution in [3.8, 4) is 33.4 Å². The highest BCUT2D eigenvalue weighted by molar-refractivity contribution is 7.27. The number of hydrogen-bond acceptors (Lipinski definition) is 2. The summed E-state index contributed by atoms with van der Waals surface area (Å²) in [5.74, 6) is 0. The molecule has 0 bridgehead atoms. The topological polar surface area (TPSA) is 0 Å². The van der Waals surface area contributed by atoms with E-state index in [1.54, 1.807) is 0 Å². The van der Waals surface area contributed by atoms with E-state index in [-0.39, 0.29) is 0 Å². The number of fused-ring (bicyclic) bond motifs is 13. The number of benzene rings is 10. The van der Waals surface area contributed by atoms with Gasteiger partial charge in [0.2, 0.25) is 0 Å². The maximum atomic E-state index is 2.43. The molecule has 0 unspecified atom stereocenters. The zero-order chi connectivity index (χ0) is 35.3. The maximum Gasteiger partial charge on any atom is 0.0440 e. The van der Waals surface area contributed by atoms with Crippen LogP contribution in [0.3, 0.4) is 0 Å². The van der Waals surface area contributed by atoms with Crippen LogP contribution in [0.1, 0.15) is 0 Å². The molecule has 2 aromatic heterocycles. The molecule has 0 radical (unpaired) electrons. The third-order valence-electron chi connectivity index (χ3n) is 11.4. The minimum absolute atomic E-state index is 1.25. The summed E-state index contributed by atoms with van der Waals surface area (Å²) in [4.78, 5) is 0. The lowest BCUT2D eigenvalue weighted by atomic mass is 9.86. The highest BCUT2D eigenvalue weighted by Crippen LogP contribution is 2.47. The van der Waals surface area contributed by atoms with Gasteiger partial charge in [0.1, 0.15) is 0 Å². The van der Waals surface area contributed by atoms with E-state index in [4.69, 9.17) is 0 Å². The molecule has 250 valence electrons. The van der Waals surface area contributed by atoms with Crippen molar-refractivity contribution in [1.29, 1.82) is 0 Å². The second-order valence-electron chi connectivity index (χ2n) is 14.3. The van der Waals surface area contributed by atoms with Gasteiger partial charge in [0.05, 0.1) is 0 Å². The van der Waals surface area contributed by atoms with Crippen LogP contribution in [0.15, 0.2) is 182 Å². The molecule has 0 aliphatic carbocycles. The normalized spacial score (nSPS) is 12.1. The molecule has 0 spiro atoms. The number of rotatable bonds is 3.